The first kappa shape index (κ1) is 16.2. The number of aryl methyl sites for hydroxylation is 1. The molecule has 0 radical (unpaired) electrons. The molecule has 1 aromatic rings. The highest BCUT2D eigenvalue weighted by atomic mass is 127. The van der Waals surface area contributed by atoms with Crippen LogP contribution in [0.3, 0.4) is 0 Å². The van der Waals surface area contributed by atoms with Gasteiger partial charge in [-0.25, -0.2) is 0 Å². The van der Waals surface area contributed by atoms with Gasteiger partial charge < -0.3 is 11.1 Å². The number of nitrogens with zero attached hydrogens (tertiary/aromatic N) is 1. The van der Waals surface area contributed by atoms with Crippen LogP contribution in [0, 0.1) is 16.4 Å². The standard InChI is InChI=1S/C15H20IN3O2/c1-10-7-12(16)4-5-13(10)18-14(20)9-19-6-2-3-11(8-19)15(17)21/h4-5,7,11H,2-3,6,8-9H2,1H3,(H2,17,21)(H,18,20)/t11-/m1/s1. The minimum absolute atomic E-state index is 0.0515. The zero-order chi connectivity index (χ0) is 15.4. The molecule has 1 fully saturated rings. The number of hydrogen-bond acceptors (Lipinski definition) is 3. The van der Waals surface area contributed by atoms with E-state index in [1.807, 2.05) is 30.0 Å². The van der Waals surface area contributed by atoms with Gasteiger partial charge in [0, 0.05) is 15.8 Å². The highest BCUT2D eigenvalue weighted by molar-refractivity contribution is 14.1. The summed E-state index contributed by atoms with van der Waals surface area (Å²) in [4.78, 5) is 25.4. The van der Waals surface area contributed by atoms with Gasteiger partial charge in [-0.3, -0.25) is 14.5 Å². The van der Waals surface area contributed by atoms with Gasteiger partial charge in [0.05, 0.1) is 12.5 Å². The SMILES string of the molecule is Cc1cc(I)ccc1NC(=O)CN1CCC[C@@H](C(N)=O)C1. The number of amides is 2. The van der Waals surface area contributed by atoms with Crippen LogP contribution >= 0.6 is 22.6 Å². The molecule has 0 aromatic heterocycles. The molecule has 3 N–H and O–H groups in total. The van der Waals surface area contributed by atoms with Gasteiger partial charge in [0.2, 0.25) is 11.8 Å². The number of benzene rings is 1. The Kier molecular flexibility index (Phi) is 5.58. The van der Waals surface area contributed by atoms with E-state index in [-0.39, 0.29) is 17.7 Å². The zero-order valence-electron chi connectivity index (χ0n) is 12.1. The van der Waals surface area contributed by atoms with Gasteiger partial charge in [0.15, 0.2) is 0 Å². The molecule has 5 nitrogen and oxygen atoms in total. The molecule has 0 saturated carbocycles. The maximum Gasteiger partial charge on any atom is 0.238 e. The van der Waals surface area contributed by atoms with E-state index in [2.05, 4.69) is 27.9 Å². The molecule has 6 heteroatoms. The van der Waals surface area contributed by atoms with Crippen LogP contribution in [0.2, 0.25) is 0 Å². The highest BCUT2D eigenvalue weighted by Crippen LogP contribution is 2.19. The molecule has 0 spiro atoms. The number of rotatable bonds is 4. The third-order valence-corrected chi connectivity index (χ3v) is 4.41. The van der Waals surface area contributed by atoms with E-state index in [4.69, 9.17) is 5.73 Å². The van der Waals surface area contributed by atoms with Crippen LogP contribution in [0.4, 0.5) is 5.69 Å². The summed E-state index contributed by atoms with van der Waals surface area (Å²) in [5.41, 5.74) is 7.23. The lowest BCUT2D eigenvalue weighted by atomic mass is 9.97. The highest BCUT2D eigenvalue weighted by Gasteiger charge is 2.25. The minimum Gasteiger partial charge on any atom is -0.369 e. The third-order valence-electron chi connectivity index (χ3n) is 3.74. The first-order chi connectivity index (χ1) is 9.95. The molecule has 2 rings (SSSR count). The lowest BCUT2D eigenvalue weighted by Crippen LogP contribution is -2.44. The van der Waals surface area contributed by atoms with Crippen molar-refractivity contribution in [3.8, 4) is 0 Å². The van der Waals surface area contributed by atoms with Gasteiger partial charge in [-0.15, -0.1) is 0 Å². The van der Waals surface area contributed by atoms with Gasteiger partial charge in [-0.05, 0) is 72.7 Å². The second kappa shape index (κ2) is 7.22. The van der Waals surface area contributed by atoms with Crippen LogP contribution in [0.15, 0.2) is 18.2 Å². The van der Waals surface area contributed by atoms with E-state index in [9.17, 15) is 9.59 Å². The Bertz CT molecular complexity index is 548. The quantitative estimate of drug-likeness (QED) is 0.755. The van der Waals surface area contributed by atoms with E-state index < -0.39 is 0 Å². The van der Waals surface area contributed by atoms with Gasteiger partial charge in [-0.1, -0.05) is 0 Å². The normalized spacial score (nSPS) is 19.2. The number of halogens is 1. The summed E-state index contributed by atoms with van der Waals surface area (Å²) in [5, 5.41) is 2.93. The molecule has 0 bridgehead atoms. The third kappa shape index (κ3) is 4.67. The first-order valence-electron chi connectivity index (χ1n) is 7.03. The number of carbonyl (C=O) groups excluding carboxylic acids is 2. The largest absolute Gasteiger partial charge is 0.369 e. The van der Waals surface area contributed by atoms with Crippen LogP contribution in [0.1, 0.15) is 18.4 Å². The van der Waals surface area contributed by atoms with Crippen LogP contribution in [-0.4, -0.2) is 36.3 Å². The van der Waals surface area contributed by atoms with Gasteiger partial charge >= 0.3 is 0 Å². The first-order valence-corrected chi connectivity index (χ1v) is 8.11. The molecule has 2 amide bonds. The minimum atomic E-state index is -0.270. The Morgan fingerprint density at radius 3 is 2.90 bits per heavy atom. The molecule has 0 unspecified atom stereocenters. The molecule has 1 atom stereocenters. The van der Waals surface area contributed by atoms with Crippen molar-refractivity contribution in [3.05, 3.63) is 27.3 Å². The van der Waals surface area contributed by atoms with Crippen molar-refractivity contribution in [2.45, 2.75) is 19.8 Å². The molecule has 1 heterocycles. The van der Waals surface area contributed by atoms with Crippen molar-refractivity contribution >= 4 is 40.1 Å². The summed E-state index contributed by atoms with van der Waals surface area (Å²) < 4.78 is 1.14. The van der Waals surface area contributed by atoms with E-state index in [0.717, 1.165) is 34.2 Å². The summed E-state index contributed by atoms with van der Waals surface area (Å²) >= 11 is 2.24. The lowest BCUT2D eigenvalue weighted by Gasteiger charge is -2.30. The number of nitrogens with one attached hydrogen (secondary N) is 1. The number of hydrogen-bond donors (Lipinski definition) is 2. The Labute approximate surface area is 138 Å². The molecule has 114 valence electrons. The molecule has 1 aromatic carbocycles. The van der Waals surface area contributed by atoms with Crippen LogP contribution in [0.25, 0.3) is 0 Å². The van der Waals surface area contributed by atoms with Crippen molar-refractivity contribution < 1.29 is 9.59 Å². The van der Waals surface area contributed by atoms with Crippen LogP contribution in [0.5, 0.6) is 0 Å². The van der Waals surface area contributed by atoms with E-state index in [0.29, 0.717) is 13.1 Å². The van der Waals surface area contributed by atoms with Gasteiger partial charge in [0.1, 0.15) is 0 Å². The predicted octanol–water partition coefficient (Wildman–Crippen LogP) is 1.74. The fourth-order valence-corrected chi connectivity index (χ4v) is 3.24. The Hall–Kier alpha value is -1.15. The summed E-state index contributed by atoms with van der Waals surface area (Å²) in [6, 6.07) is 5.91. The molecular weight excluding hydrogens is 381 g/mol. The molecule has 1 saturated heterocycles. The molecular formula is C15H20IN3O2. The fraction of sp³-hybridized carbons (Fsp3) is 0.467. The fourth-order valence-electron chi connectivity index (χ4n) is 2.59. The number of primary amides is 1. The molecule has 1 aliphatic rings. The number of carbonyl (C=O) groups is 2. The van der Waals surface area contributed by atoms with Gasteiger partial charge in [-0.2, -0.15) is 0 Å². The average Bonchev–Trinajstić information content (AvgIpc) is 2.42. The summed E-state index contributed by atoms with van der Waals surface area (Å²) in [6.07, 6.45) is 1.73. The maximum absolute atomic E-state index is 12.1. The number of nitrogens with two attached hydrogens (primary N) is 1. The summed E-state index contributed by atoms with van der Waals surface area (Å²) in [6.45, 7) is 3.69. The summed E-state index contributed by atoms with van der Waals surface area (Å²) in [5.74, 6) is -0.454. The van der Waals surface area contributed by atoms with Crippen molar-refractivity contribution in [1.82, 2.24) is 4.90 Å². The smallest absolute Gasteiger partial charge is 0.238 e. The lowest BCUT2D eigenvalue weighted by molar-refractivity contribution is -0.125. The van der Waals surface area contributed by atoms with Crippen molar-refractivity contribution in [1.29, 1.82) is 0 Å². The van der Waals surface area contributed by atoms with E-state index >= 15 is 0 Å². The van der Waals surface area contributed by atoms with Crippen molar-refractivity contribution in [3.63, 3.8) is 0 Å². The number of piperidine rings is 1. The van der Waals surface area contributed by atoms with E-state index in [1.165, 1.54) is 0 Å². The Morgan fingerprint density at radius 1 is 1.48 bits per heavy atom. The topological polar surface area (TPSA) is 75.4 Å². The average molecular weight is 401 g/mol. The molecule has 0 aliphatic carbocycles. The predicted molar refractivity (Wildman–Crippen MR) is 90.9 cm³/mol. The second-order valence-electron chi connectivity index (χ2n) is 5.48. The zero-order valence-corrected chi connectivity index (χ0v) is 14.2. The Morgan fingerprint density at radius 2 is 2.24 bits per heavy atom. The number of likely N-dealkylation sites (tertiary alicyclic amines) is 1. The van der Waals surface area contributed by atoms with Crippen LogP contribution in [-0.2, 0) is 9.59 Å². The molecule has 21 heavy (non-hydrogen) atoms. The van der Waals surface area contributed by atoms with Crippen molar-refractivity contribution in [2.75, 3.05) is 25.0 Å². The number of anilines is 1. The second-order valence-corrected chi connectivity index (χ2v) is 6.73. The van der Waals surface area contributed by atoms with Crippen LogP contribution < -0.4 is 11.1 Å². The Balaban J connectivity index is 1.91. The summed E-state index contributed by atoms with van der Waals surface area (Å²) in [7, 11) is 0. The monoisotopic (exact) mass is 401 g/mol. The van der Waals surface area contributed by atoms with Crippen molar-refractivity contribution in [2.24, 2.45) is 11.7 Å². The van der Waals surface area contributed by atoms with Gasteiger partial charge in [0.25, 0.3) is 0 Å². The van der Waals surface area contributed by atoms with E-state index in [1.54, 1.807) is 0 Å². The maximum atomic E-state index is 12.1. The molecule has 1 aliphatic heterocycles.